The maximum Gasteiger partial charge on any atom is 0.347 e. The van der Waals surface area contributed by atoms with Gasteiger partial charge in [0.25, 0.3) is 0 Å². The van der Waals surface area contributed by atoms with Gasteiger partial charge >= 0.3 is 5.97 Å². The maximum atomic E-state index is 12.6. The molecule has 2 rings (SSSR count). The van der Waals surface area contributed by atoms with Crippen molar-refractivity contribution in [2.24, 2.45) is 5.73 Å². The third-order valence-corrected chi connectivity index (χ3v) is 5.86. The number of hydrogen-bond acceptors (Lipinski definition) is 6. The van der Waals surface area contributed by atoms with Crippen molar-refractivity contribution >= 4 is 16.0 Å². The number of carbonyl (C=O) groups excluding carboxylic acids is 1. The van der Waals surface area contributed by atoms with Crippen molar-refractivity contribution < 1.29 is 22.7 Å². The van der Waals surface area contributed by atoms with E-state index in [-0.39, 0.29) is 24.1 Å². The molecule has 1 aliphatic heterocycles. The Hall–Kier alpha value is -1.64. The SMILES string of the molecule is CCOC(=O)C1Cc2cc(S(=O)(=O)N(C)C(C)CN)ccc2O1. The Kier molecular flexibility index (Phi) is 5.28. The van der Waals surface area contributed by atoms with E-state index >= 15 is 0 Å². The van der Waals surface area contributed by atoms with Crippen LogP contribution in [0, 0.1) is 0 Å². The summed E-state index contributed by atoms with van der Waals surface area (Å²) in [6, 6.07) is 4.28. The van der Waals surface area contributed by atoms with Crippen molar-refractivity contribution in [2.45, 2.75) is 37.3 Å². The first-order valence-corrected chi connectivity index (χ1v) is 8.89. The molecule has 1 aromatic rings. The number of benzene rings is 1. The Labute approximate surface area is 136 Å². The molecule has 7 nitrogen and oxygen atoms in total. The minimum absolute atomic E-state index is 0.159. The summed E-state index contributed by atoms with van der Waals surface area (Å²) in [6.07, 6.45) is -0.420. The van der Waals surface area contributed by atoms with E-state index < -0.39 is 22.1 Å². The molecule has 0 bridgehead atoms. The van der Waals surface area contributed by atoms with E-state index in [2.05, 4.69) is 0 Å². The fourth-order valence-corrected chi connectivity index (χ4v) is 3.73. The summed E-state index contributed by atoms with van der Waals surface area (Å²) < 4.78 is 36.9. The molecule has 0 saturated heterocycles. The fraction of sp³-hybridized carbons (Fsp3) is 0.533. The highest BCUT2D eigenvalue weighted by molar-refractivity contribution is 7.89. The highest BCUT2D eigenvalue weighted by Gasteiger charge is 2.32. The van der Waals surface area contributed by atoms with Crippen molar-refractivity contribution in [3.8, 4) is 5.75 Å². The lowest BCUT2D eigenvalue weighted by atomic mass is 10.1. The molecule has 1 aromatic carbocycles. The van der Waals surface area contributed by atoms with Crippen LogP contribution in [-0.4, -0.2) is 51.0 Å². The molecule has 0 aliphatic carbocycles. The van der Waals surface area contributed by atoms with Gasteiger partial charge in [0.05, 0.1) is 11.5 Å². The lowest BCUT2D eigenvalue weighted by Gasteiger charge is -2.23. The number of nitrogens with two attached hydrogens (primary N) is 1. The Morgan fingerprint density at radius 2 is 2.22 bits per heavy atom. The first kappa shape index (κ1) is 17.7. The average molecular weight is 342 g/mol. The number of ether oxygens (including phenoxy) is 2. The second-order valence-corrected chi connectivity index (χ2v) is 7.44. The van der Waals surface area contributed by atoms with Gasteiger partial charge in [-0.25, -0.2) is 13.2 Å². The first-order chi connectivity index (χ1) is 10.8. The Bertz CT molecular complexity index is 689. The van der Waals surface area contributed by atoms with Gasteiger partial charge in [-0.05, 0) is 37.6 Å². The third-order valence-electron chi connectivity index (χ3n) is 3.89. The number of nitrogens with zero attached hydrogens (tertiary/aromatic N) is 1. The summed E-state index contributed by atoms with van der Waals surface area (Å²) in [5.74, 6) is 0.0681. The zero-order valence-corrected chi connectivity index (χ0v) is 14.3. The predicted molar refractivity (Wildman–Crippen MR) is 84.7 cm³/mol. The van der Waals surface area contributed by atoms with Crippen LogP contribution >= 0.6 is 0 Å². The molecule has 0 amide bonds. The second kappa shape index (κ2) is 6.86. The molecule has 0 spiro atoms. The van der Waals surface area contributed by atoms with Crippen LogP contribution < -0.4 is 10.5 Å². The van der Waals surface area contributed by atoms with Crippen LogP contribution in [0.25, 0.3) is 0 Å². The minimum atomic E-state index is -3.64. The smallest absolute Gasteiger partial charge is 0.347 e. The van der Waals surface area contributed by atoms with Gasteiger partial charge in [0.1, 0.15) is 5.75 Å². The van der Waals surface area contributed by atoms with Gasteiger partial charge < -0.3 is 15.2 Å². The van der Waals surface area contributed by atoms with Crippen LogP contribution in [0.5, 0.6) is 5.75 Å². The molecular weight excluding hydrogens is 320 g/mol. The number of likely N-dealkylation sites (N-methyl/N-ethyl adjacent to an activating group) is 1. The normalized spacial score (nSPS) is 18.4. The minimum Gasteiger partial charge on any atom is -0.478 e. The summed E-state index contributed by atoms with van der Waals surface area (Å²) in [4.78, 5) is 11.9. The van der Waals surface area contributed by atoms with Crippen molar-refractivity contribution in [3.63, 3.8) is 0 Å². The highest BCUT2D eigenvalue weighted by Crippen LogP contribution is 2.32. The van der Waals surface area contributed by atoms with Crippen LogP contribution in [0.4, 0.5) is 0 Å². The quantitative estimate of drug-likeness (QED) is 0.757. The van der Waals surface area contributed by atoms with E-state index in [1.54, 1.807) is 26.0 Å². The molecule has 1 heterocycles. The molecule has 0 aromatic heterocycles. The molecule has 23 heavy (non-hydrogen) atoms. The Balaban J connectivity index is 2.24. The van der Waals surface area contributed by atoms with Gasteiger partial charge in [-0.1, -0.05) is 0 Å². The van der Waals surface area contributed by atoms with Gasteiger partial charge in [-0.2, -0.15) is 4.31 Å². The summed E-state index contributed by atoms with van der Waals surface area (Å²) in [5, 5.41) is 0. The van der Waals surface area contributed by atoms with E-state index in [1.807, 2.05) is 0 Å². The van der Waals surface area contributed by atoms with E-state index in [4.69, 9.17) is 15.2 Å². The summed E-state index contributed by atoms with van der Waals surface area (Å²) in [6.45, 7) is 3.97. The zero-order chi connectivity index (χ0) is 17.2. The van der Waals surface area contributed by atoms with Crippen LogP contribution in [0.3, 0.4) is 0 Å². The molecule has 2 atom stereocenters. The zero-order valence-electron chi connectivity index (χ0n) is 13.5. The lowest BCUT2D eigenvalue weighted by molar-refractivity contribution is -0.150. The van der Waals surface area contributed by atoms with E-state index in [0.29, 0.717) is 17.7 Å². The average Bonchev–Trinajstić information content (AvgIpc) is 2.96. The van der Waals surface area contributed by atoms with Gasteiger partial charge in [0.15, 0.2) is 6.10 Å². The fourth-order valence-electron chi connectivity index (χ4n) is 2.30. The summed E-state index contributed by atoms with van der Waals surface area (Å²) in [7, 11) is -2.14. The second-order valence-electron chi connectivity index (χ2n) is 5.44. The third kappa shape index (κ3) is 3.49. The Morgan fingerprint density at radius 1 is 1.52 bits per heavy atom. The summed E-state index contributed by atoms with van der Waals surface area (Å²) in [5.41, 5.74) is 6.22. The Morgan fingerprint density at radius 3 is 2.83 bits per heavy atom. The van der Waals surface area contributed by atoms with Crippen molar-refractivity contribution in [3.05, 3.63) is 23.8 Å². The van der Waals surface area contributed by atoms with Gasteiger partial charge in [0.2, 0.25) is 10.0 Å². The number of sulfonamides is 1. The number of hydrogen-bond donors (Lipinski definition) is 1. The monoisotopic (exact) mass is 342 g/mol. The van der Waals surface area contributed by atoms with Gasteiger partial charge in [-0.15, -0.1) is 0 Å². The predicted octanol–water partition coefficient (Wildman–Crippen LogP) is 0.521. The van der Waals surface area contributed by atoms with E-state index in [0.717, 1.165) is 0 Å². The van der Waals surface area contributed by atoms with Gasteiger partial charge in [-0.3, -0.25) is 0 Å². The van der Waals surface area contributed by atoms with Crippen LogP contribution in [0.1, 0.15) is 19.4 Å². The topological polar surface area (TPSA) is 98.9 Å². The maximum absolute atomic E-state index is 12.6. The van der Waals surface area contributed by atoms with Crippen LogP contribution in [-0.2, 0) is 26.0 Å². The molecule has 2 N–H and O–H groups in total. The van der Waals surface area contributed by atoms with Crippen molar-refractivity contribution in [2.75, 3.05) is 20.2 Å². The van der Waals surface area contributed by atoms with Crippen molar-refractivity contribution in [1.82, 2.24) is 4.31 Å². The molecule has 0 radical (unpaired) electrons. The highest BCUT2D eigenvalue weighted by atomic mass is 32.2. The number of rotatable bonds is 6. The largest absolute Gasteiger partial charge is 0.478 e. The van der Waals surface area contributed by atoms with E-state index in [9.17, 15) is 13.2 Å². The number of fused-ring (bicyclic) bond motifs is 1. The molecule has 2 unspecified atom stereocenters. The molecule has 128 valence electrons. The molecule has 0 saturated carbocycles. The first-order valence-electron chi connectivity index (χ1n) is 7.45. The van der Waals surface area contributed by atoms with Crippen molar-refractivity contribution in [1.29, 1.82) is 0 Å². The number of esters is 1. The van der Waals surface area contributed by atoms with E-state index in [1.165, 1.54) is 17.4 Å². The molecular formula is C15H22N2O5S. The van der Waals surface area contributed by atoms with Crippen LogP contribution in [0.2, 0.25) is 0 Å². The van der Waals surface area contributed by atoms with Crippen LogP contribution in [0.15, 0.2) is 23.1 Å². The molecule has 8 heteroatoms. The van der Waals surface area contributed by atoms with Gasteiger partial charge in [0, 0.05) is 26.1 Å². The molecule has 1 aliphatic rings. The lowest BCUT2D eigenvalue weighted by Crippen LogP contribution is -2.39. The summed E-state index contributed by atoms with van der Waals surface area (Å²) >= 11 is 0. The number of carbonyl (C=O) groups is 1. The standard InChI is InChI=1S/C15H22N2O5S/c1-4-21-15(18)14-8-11-7-12(5-6-13(11)22-14)23(19,20)17(3)10(2)9-16/h5-7,10,14H,4,8-9,16H2,1-3H3. The molecule has 0 fully saturated rings.